The van der Waals surface area contributed by atoms with Crippen molar-refractivity contribution in [2.45, 2.75) is 47.5 Å². The Kier molecular flexibility index (Phi) is 63.1. The van der Waals surface area contributed by atoms with Crippen molar-refractivity contribution in [3.8, 4) is 0 Å². The molecule has 48 heteroatoms. The molecule has 0 bridgehead atoms. The maximum atomic E-state index is 10.7. The van der Waals surface area contributed by atoms with Gasteiger partial charge in [-0.1, -0.05) is 56.3 Å². The maximum Gasteiger partial charge on any atom is 0 e. The molecule has 1 atom stereocenters. The molecule has 17 N–H and O–H groups in total. The molecule has 8 aromatic carbocycles. The van der Waals surface area contributed by atoms with E-state index in [9.17, 15) is 75.6 Å². The molecule has 0 spiro atoms. The van der Waals surface area contributed by atoms with Gasteiger partial charge in [-0.15, -0.1) is 24.8 Å². The Morgan fingerprint density at radius 3 is 1.14 bits per heavy atom. The summed E-state index contributed by atoms with van der Waals surface area (Å²) in [5, 5.41) is 86.0. The van der Waals surface area contributed by atoms with Gasteiger partial charge in [0.2, 0.25) is 0 Å². The largest absolute Gasteiger partial charge is 0 e. The van der Waals surface area contributed by atoms with E-state index in [2.05, 4.69) is 47.9 Å². The smallest absolute Gasteiger partial charge is 0 e. The summed E-state index contributed by atoms with van der Waals surface area (Å²) in [6.07, 6.45) is 9.64. The topological polar surface area (TPSA) is 615 Å². The van der Waals surface area contributed by atoms with Crippen LogP contribution in [0.4, 0.5) is 73.9 Å². The van der Waals surface area contributed by atoms with Crippen molar-refractivity contribution in [2.75, 3.05) is 33.5 Å². The van der Waals surface area contributed by atoms with Crippen LogP contribution in [0.25, 0.3) is 32.7 Å². The van der Waals surface area contributed by atoms with E-state index in [4.69, 9.17) is 79.3 Å². The normalized spacial score (nSPS) is 9.28. The third kappa shape index (κ3) is 45.5. The third-order valence-electron chi connectivity index (χ3n) is 12.4. The number of nitrogens with two attached hydrogens (primary N) is 5. The monoisotopic (exact) mass is 2000 g/mol. The number of fused-ring (bicyclic) bond motifs is 3. The van der Waals surface area contributed by atoms with E-state index in [-0.39, 0.29) is 98.8 Å². The summed E-state index contributed by atoms with van der Waals surface area (Å²) in [5.41, 5.74) is 33.3. The fourth-order valence-corrected chi connectivity index (χ4v) is 7.74. The number of nitro benzene ring substituents is 7. The zero-order valence-electron chi connectivity index (χ0n) is 59.4. The number of anilines is 6. The van der Waals surface area contributed by atoms with Gasteiger partial charge < -0.3 is 60.1 Å². The van der Waals surface area contributed by atoms with Crippen molar-refractivity contribution in [3.05, 3.63) is 289 Å². The molecule has 3 aromatic heterocycles. The van der Waals surface area contributed by atoms with Gasteiger partial charge in [-0.2, -0.15) is 5.10 Å². The summed E-state index contributed by atoms with van der Waals surface area (Å²) >= 11 is -1.65. The first-order chi connectivity index (χ1) is 51.3. The molecule has 608 valence electrons. The number of aromatic amines is 3. The Hall–Kier alpha value is -9.78. The molecular formula is C64H77Cl6N19O19PPdSn2-. The Bertz CT molecular complexity index is 4620. The van der Waals surface area contributed by atoms with Crippen LogP contribution in [0.2, 0.25) is 0 Å². The number of halogens is 6. The summed E-state index contributed by atoms with van der Waals surface area (Å²) in [6.45, 7) is 9.66. The second-order valence-corrected chi connectivity index (χ2v) is 29.0. The molecule has 0 aliphatic rings. The van der Waals surface area contributed by atoms with E-state index in [0.717, 1.165) is 51.5 Å². The van der Waals surface area contributed by atoms with Gasteiger partial charge in [0.15, 0.2) is 0 Å². The molecule has 0 saturated carbocycles. The predicted octanol–water partition coefficient (Wildman–Crippen LogP) is 17.0. The molecular weight excluding hydrogens is 1930 g/mol. The number of H-pyrrole nitrogens is 3. The minimum atomic E-state index is -3.04. The zero-order valence-corrected chi connectivity index (χ0v) is 72.2. The minimum absolute atomic E-state index is 0. The number of nitrogens with zero attached hydrogens (tertiary/aromatic N) is 8. The number of rotatable bonds is 14. The fourth-order valence-electron chi connectivity index (χ4n) is 7.74. The van der Waals surface area contributed by atoms with E-state index in [1.165, 1.54) is 83.7 Å². The van der Waals surface area contributed by atoms with Crippen LogP contribution in [0, 0.1) is 99.0 Å². The van der Waals surface area contributed by atoms with Crippen LogP contribution in [-0.4, -0.2) is 105 Å². The van der Waals surface area contributed by atoms with Crippen molar-refractivity contribution in [2.24, 2.45) is 16.8 Å². The molecule has 0 fully saturated rings. The molecule has 1 unspecified atom stereocenters. The summed E-state index contributed by atoms with van der Waals surface area (Å²) in [4.78, 5) is 96.3. The summed E-state index contributed by atoms with van der Waals surface area (Å²) in [5.74, 6) is 10.1. The van der Waals surface area contributed by atoms with Gasteiger partial charge >= 0.3 is 81.7 Å². The SMILES string of the molecule is CC/C=N/Nc1cccc([N+](=O)[O-])c1.CCC=O.Cc1c[nH]c2cc(N)ccc12.Cc1c[nH]c2cc([N+](=O)[O-])ccc12.Cc1c[nH]c2cccc([N+](=O)[O-])c12.Cl.Cl.NNc1cccc([N+](=O)[O-])c1.NNc1cccc([N+](=O)[O-])c1.Nc1cccc([N+](=O)[O-])c1.Nc1cccc([N+](=O)[O-])c1.O=[P+]([O-])OO.[CH3-].[Cl][Sn][Cl].[Cl][Sn][Cl].[HH].[Pd]. The van der Waals surface area contributed by atoms with Crippen molar-refractivity contribution < 1.29 is 80.5 Å². The van der Waals surface area contributed by atoms with Gasteiger partial charge in [0, 0.05) is 170 Å². The first-order valence-electron chi connectivity index (χ1n) is 29.8. The summed E-state index contributed by atoms with van der Waals surface area (Å²) in [6, 6.07) is 45.7. The Morgan fingerprint density at radius 2 is 0.804 bits per heavy atom. The first kappa shape index (κ1) is 111. The molecule has 38 nitrogen and oxygen atoms in total. The van der Waals surface area contributed by atoms with Crippen molar-refractivity contribution in [1.82, 2.24) is 15.0 Å². The zero-order chi connectivity index (χ0) is 81.8. The number of hydrogen-bond acceptors (Lipinski definition) is 28. The van der Waals surface area contributed by atoms with Gasteiger partial charge in [0.25, 0.3) is 39.8 Å². The Balaban J connectivity index is -0.000000281. The van der Waals surface area contributed by atoms with Crippen LogP contribution in [-0.2, 0) is 34.5 Å². The number of aryl methyl sites for hydroxylation is 3. The molecule has 4 radical (unpaired) electrons. The van der Waals surface area contributed by atoms with Gasteiger partial charge in [0.1, 0.15) is 6.29 Å². The molecule has 0 aliphatic carbocycles. The van der Waals surface area contributed by atoms with Gasteiger partial charge in [-0.05, 0) is 103 Å². The van der Waals surface area contributed by atoms with E-state index >= 15 is 0 Å². The van der Waals surface area contributed by atoms with Gasteiger partial charge in [0.05, 0.1) is 67.9 Å². The molecule has 112 heavy (non-hydrogen) atoms. The second kappa shape index (κ2) is 63.8. The maximum absolute atomic E-state index is 10.7. The minimum Gasteiger partial charge on any atom is 0 e. The molecule has 0 saturated heterocycles. The Labute approximate surface area is 702 Å². The number of nitrogens with one attached hydrogen (secondary N) is 6. The molecule has 0 aliphatic heterocycles. The number of hydrogen-bond donors (Lipinski definition) is 12. The van der Waals surface area contributed by atoms with Gasteiger partial charge in [-0.3, -0.25) is 87.9 Å². The molecule has 11 rings (SSSR count). The number of aromatic nitrogens is 3. The van der Waals surface area contributed by atoms with Crippen LogP contribution >= 0.6 is 68.8 Å². The molecule has 3 heterocycles. The first-order valence-corrected chi connectivity index (χ1v) is 45.4. The van der Waals surface area contributed by atoms with Gasteiger partial charge in [-0.25, -0.2) is 5.26 Å². The number of nitro groups is 7. The van der Waals surface area contributed by atoms with Crippen LogP contribution in [0.15, 0.2) is 200 Å². The molecule has 11 aromatic rings. The van der Waals surface area contributed by atoms with Crippen LogP contribution in [0.5, 0.6) is 0 Å². The number of non-ortho nitro benzene ring substituents is 7. The Morgan fingerprint density at radius 1 is 0.491 bits per heavy atom. The van der Waals surface area contributed by atoms with E-state index in [1.54, 1.807) is 91.3 Å². The third-order valence-corrected chi connectivity index (χ3v) is 12.6. The number of hydrazine groups is 2. The number of carbonyl (C=O) groups excluding carboxylic acids is 1. The van der Waals surface area contributed by atoms with Crippen molar-refractivity contribution >= 4 is 226 Å². The van der Waals surface area contributed by atoms with Crippen molar-refractivity contribution in [1.29, 1.82) is 0 Å². The quantitative estimate of drug-likeness (QED) is 0.00460. The standard InChI is InChI=1S/C9H11N3O2.2C9H8N2O2.C9H10N2.2C6H7N3O2.2C6H6N2O2.C3H6O.CH3.6ClH.HO4P.Pd.2Sn.H2/c1-2-6-10-11-8-4-3-5-9(7-8)12(13)14;1-6-5-10-9-4-7(11(12)13)2-3-8(6)9;1-6-5-10-7-3-2-4-8(9(6)7)11(12)13;1-6-5-11-9-4-7(10)2-3-8(6)9;2*7-8-5-2-1-3-6(4-5)9(10)11;2*7-5-2-1-3-6(4-5)8(9)10;1-2-3-4;;;;;;;;1-4-5(2)3;;;;/h3-7,11H,2H2,1H3;2*2-5,10H,1H3;2-5,11H,10H2,1H3;2*1-4,8H,7H2;2*1-4H,7H2;3H,2H2,1H3;1H3;6*1H;1H;;;;1H/q;;;;;;;;;-1;;;;;;;;;2*+2;/p-4/b10-6+;;;;;;;;;;;;;;;;;;;;. The van der Waals surface area contributed by atoms with Crippen LogP contribution in [0.3, 0.4) is 0 Å². The van der Waals surface area contributed by atoms with Crippen molar-refractivity contribution in [3.63, 3.8) is 0 Å². The second-order valence-electron chi connectivity index (χ2n) is 19.9. The number of hydrazone groups is 1. The number of nitrogen functional groups attached to an aromatic ring is 5. The fraction of sp³-hybridized carbons (Fsp3) is 0.109. The summed E-state index contributed by atoms with van der Waals surface area (Å²) < 4.78 is 11.6. The van der Waals surface area contributed by atoms with Crippen LogP contribution in [0.1, 0.15) is 44.8 Å². The average molecular weight is 2000 g/mol. The molecule has 0 amide bonds. The summed E-state index contributed by atoms with van der Waals surface area (Å²) in [7, 11) is 16.7. The van der Waals surface area contributed by atoms with E-state index in [1.807, 2.05) is 64.4 Å². The average Bonchev–Trinajstić information content (AvgIpc) is 1.69. The number of aldehydes is 1. The van der Waals surface area contributed by atoms with E-state index in [0.29, 0.717) is 40.2 Å². The number of benzene rings is 8. The van der Waals surface area contributed by atoms with E-state index < -0.39 is 75.6 Å². The predicted molar refractivity (Wildman–Crippen MR) is 445 cm³/mol. The number of carbonyl (C=O) groups is 1. The van der Waals surface area contributed by atoms with Crippen LogP contribution < -0.4 is 50.1 Å².